The minimum Gasteiger partial charge on any atom is -0.502 e. The molecule has 2 aromatic rings. The van der Waals surface area contributed by atoms with Gasteiger partial charge in [0.1, 0.15) is 49.8 Å². The molecule has 3 fully saturated rings. The lowest BCUT2D eigenvalue weighted by Crippen LogP contribution is -2.63. The van der Waals surface area contributed by atoms with Crippen molar-refractivity contribution in [1.82, 2.24) is 0 Å². The predicted octanol–water partition coefficient (Wildman–Crippen LogP) is -1.67. The molecule has 0 aromatic heterocycles. The number of aliphatic hydroxyl groups excluding tert-OH is 6. The molecule has 5 rings (SSSR count). The van der Waals surface area contributed by atoms with Crippen molar-refractivity contribution in [3.63, 3.8) is 0 Å². The van der Waals surface area contributed by atoms with Crippen molar-refractivity contribution in [1.29, 1.82) is 0 Å². The van der Waals surface area contributed by atoms with Crippen molar-refractivity contribution >= 4 is 24.1 Å². The topological polar surface area (TPSA) is 279 Å². The van der Waals surface area contributed by atoms with Crippen molar-refractivity contribution in [2.75, 3.05) is 48.3 Å². The van der Waals surface area contributed by atoms with Gasteiger partial charge in [0.05, 0.1) is 46.2 Å². The van der Waals surface area contributed by atoms with E-state index in [1.54, 1.807) is 0 Å². The molecule has 2 bridgehead atoms. The number of fused-ring (bicyclic) bond motifs is 3. The van der Waals surface area contributed by atoms with Crippen LogP contribution in [-0.4, -0.2) is 156 Å². The number of carbonyl (C=O) groups is 2. The fraction of sp³-hybridized carbons (Fsp3) is 0.471. The van der Waals surface area contributed by atoms with E-state index in [0.29, 0.717) is 0 Å². The van der Waals surface area contributed by atoms with Gasteiger partial charge in [0.25, 0.3) is 0 Å². The highest BCUT2D eigenvalue weighted by Gasteiger charge is 2.61. The van der Waals surface area contributed by atoms with Crippen LogP contribution in [0, 0.1) is 0 Å². The number of rotatable bonds is 8. The number of hydrogen-bond acceptors (Lipinski definition) is 19. The molecular weight excluding hydrogens is 712 g/mol. The zero-order valence-corrected chi connectivity index (χ0v) is 28.8. The summed E-state index contributed by atoms with van der Waals surface area (Å²) in [6.45, 7) is -2.88. The van der Waals surface area contributed by atoms with Crippen LogP contribution in [-0.2, 0) is 33.3 Å². The zero-order valence-electron chi connectivity index (χ0n) is 28.8. The number of carbonyl (C=O) groups excluding carboxylic acids is 2. The maximum atomic E-state index is 14.4. The van der Waals surface area contributed by atoms with Crippen LogP contribution in [0.15, 0.2) is 35.4 Å². The lowest BCUT2D eigenvalue weighted by molar-refractivity contribution is -0.383. The fourth-order valence-electron chi connectivity index (χ4n) is 6.00. The van der Waals surface area contributed by atoms with E-state index in [2.05, 4.69) is 0 Å². The van der Waals surface area contributed by atoms with E-state index >= 15 is 0 Å². The van der Waals surface area contributed by atoms with Gasteiger partial charge in [0.2, 0.25) is 17.3 Å². The van der Waals surface area contributed by atoms with Crippen molar-refractivity contribution in [2.45, 2.75) is 54.8 Å². The second-order valence-electron chi connectivity index (χ2n) is 12.0. The van der Waals surface area contributed by atoms with Crippen molar-refractivity contribution in [3.05, 3.63) is 46.5 Å². The summed E-state index contributed by atoms with van der Waals surface area (Å²) >= 11 is 0. The molecule has 8 N–H and O–H groups in total. The normalized spacial score (nSPS) is 32.1. The lowest BCUT2D eigenvalue weighted by atomic mass is 9.98. The van der Waals surface area contributed by atoms with Crippen LogP contribution < -0.4 is 18.9 Å². The van der Waals surface area contributed by atoms with E-state index < -0.39 is 103 Å². The van der Waals surface area contributed by atoms with Crippen LogP contribution in [0.5, 0.6) is 34.5 Å². The Hall–Kier alpha value is -4.70. The number of cyclic esters (lactones) is 1. The highest BCUT2D eigenvalue weighted by atomic mass is 16.8. The number of esters is 2. The second kappa shape index (κ2) is 16.1. The first-order valence-corrected chi connectivity index (χ1v) is 15.9. The van der Waals surface area contributed by atoms with Crippen LogP contribution >= 0.6 is 0 Å². The number of ether oxygens (including phenoxy) is 9. The van der Waals surface area contributed by atoms with E-state index in [1.807, 2.05) is 0 Å². The fourth-order valence-corrected chi connectivity index (χ4v) is 6.00. The minimum atomic E-state index is -2.57. The monoisotopic (exact) mass is 752 g/mol. The Morgan fingerprint density at radius 2 is 1.21 bits per heavy atom. The highest BCUT2D eigenvalue weighted by Crippen LogP contribution is 2.42. The average Bonchev–Trinajstić information content (AvgIpc) is 3.42. The van der Waals surface area contributed by atoms with Gasteiger partial charge >= 0.3 is 11.9 Å². The number of benzene rings is 2. The zero-order chi connectivity index (χ0) is 38.8. The largest absolute Gasteiger partial charge is 0.502 e. The van der Waals surface area contributed by atoms with E-state index in [4.69, 9.17) is 42.6 Å². The van der Waals surface area contributed by atoms with Gasteiger partial charge in [-0.05, 0) is 47.5 Å². The summed E-state index contributed by atoms with van der Waals surface area (Å²) in [5, 5.41) is 85.0. The number of phenolic OH excluding ortho intramolecular Hbond substituents is 2. The Balaban J connectivity index is 1.78. The molecule has 0 unspecified atom stereocenters. The molecule has 19 nitrogen and oxygen atoms in total. The summed E-state index contributed by atoms with van der Waals surface area (Å²) in [7, 11) is 5.01. The predicted molar refractivity (Wildman–Crippen MR) is 175 cm³/mol. The quantitative estimate of drug-likeness (QED) is 0.111. The summed E-state index contributed by atoms with van der Waals surface area (Å²) in [5.74, 6) is -6.40. The first-order valence-electron chi connectivity index (χ1n) is 15.9. The molecule has 0 amide bonds. The van der Waals surface area contributed by atoms with E-state index in [0.717, 1.165) is 12.2 Å². The Bertz CT molecular complexity index is 1690. The number of aromatic hydroxyl groups is 2. The highest BCUT2D eigenvalue weighted by molar-refractivity contribution is 6.13. The third-order valence-electron chi connectivity index (χ3n) is 8.83. The molecule has 9 atom stereocenters. The molecule has 53 heavy (non-hydrogen) atoms. The number of phenols is 2. The molecule has 2 aromatic carbocycles. The lowest BCUT2D eigenvalue weighted by Gasteiger charge is -2.43. The Labute approximate surface area is 301 Å². The van der Waals surface area contributed by atoms with E-state index in [9.17, 15) is 50.4 Å². The third-order valence-corrected chi connectivity index (χ3v) is 8.83. The van der Waals surface area contributed by atoms with Gasteiger partial charge in [-0.3, -0.25) is 0 Å². The summed E-state index contributed by atoms with van der Waals surface area (Å²) in [4.78, 5) is 28.5. The van der Waals surface area contributed by atoms with Crippen LogP contribution in [0.25, 0.3) is 12.2 Å². The molecule has 0 aliphatic carbocycles. The van der Waals surface area contributed by atoms with Gasteiger partial charge in [0, 0.05) is 0 Å². The van der Waals surface area contributed by atoms with Crippen LogP contribution in [0.3, 0.4) is 0 Å². The van der Waals surface area contributed by atoms with Gasteiger partial charge in [-0.15, -0.1) is 0 Å². The van der Waals surface area contributed by atoms with Crippen molar-refractivity contribution in [3.8, 4) is 34.5 Å². The van der Waals surface area contributed by atoms with E-state index in [-0.39, 0.29) is 39.9 Å². The minimum absolute atomic E-state index is 0.0781. The molecule has 3 heterocycles. The maximum absolute atomic E-state index is 14.4. The molecule has 290 valence electrons. The summed E-state index contributed by atoms with van der Waals surface area (Å²) in [6, 6.07) is 5.13. The molecule has 0 radical (unpaired) electrons. The van der Waals surface area contributed by atoms with Gasteiger partial charge in [-0.1, -0.05) is 0 Å². The maximum Gasteiger partial charge on any atom is 0.339 e. The van der Waals surface area contributed by atoms with Crippen LogP contribution in [0.2, 0.25) is 0 Å². The first kappa shape index (κ1) is 39.5. The molecule has 0 saturated carbocycles. The van der Waals surface area contributed by atoms with Crippen LogP contribution in [0.1, 0.15) is 11.1 Å². The molecule has 19 heteroatoms. The van der Waals surface area contributed by atoms with Gasteiger partial charge < -0.3 is 83.5 Å². The Morgan fingerprint density at radius 3 is 1.66 bits per heavy atom. The Morgan fingerprint density at radius 1 is 0.717 bits per heavy atom. The number of hydrogen-bond donors (Lipinski definition) is 8. The van der Waals surface area contributed by atoms with Crippen molar-refractivity contribution in [2.24, 2.45) is 0 Å². The third kappa shape index (κ3) is 7.56. The molecule has 3 aliphatic rings. The molecular formula is C34H40O19. The van der Waals surface area contributed by atoms with Gasteiger partial charge in [-0.25, -0.2) is 9.59 Å². The smallest absolute Gasteiger partial charge is 0.339 e. The number of methoxy groups -OCH3 is 4. The molecule has 3 aliphatic heterocycles. The molecule has 0 spiro atoms. The van der Waals surface area contributed by atoms with Gasteiger partial charge in [-0.2, -0.15) is 0 Å². The van der Waals surface area contributed by atoms with Crippen molar-refractivity contribution < 1.29 is 93.1 Å². The number of aliphatic hydroxyl groups is 6. The Kier molecular flexibility index (Phi) is 12.0. The molecule has 3 saturated heterocycles. The standard InChI is InChI=1S/C34H40O19/c1-45-18-7-14(8-19(46-2)24(18)37)5-16-17(6-15-9-20(47-3)25(38)21(10-15)48-4)32(44)51-30-27(40)22(11-35)52-34(30,13-36)53-33-29(42)28(41)26(39)23(50-33)12-49-31(16)43/h5-10,22-23,26-30,33,35-42H,11-13H2,1-4H3/b16-5+,17-6+/t22-,23-,26+,27-,28+,29-,30+,33-,34+/m1/s1. The van der Waals surface area contributed by atoms with E-state index in [1.165, 1.54) is 52.7 Å². The summed E-state index contributed by atoms with van der Waals surface area (Å²) in [5.41, 5.74) is -1.00. The van der Waals surface area contributed by atoms with Gasteiger partial charge in [0.15, 0.2) is 35.4 Å². The summed E-state index contributed by atoms with van der Waals surface area (Å²) < 4.78 is 49.2. The average molecular weight is 753 g/mol. The first-order chi connectivity index (χ1) is 25.3. The van der Waals surface area contributed by atoms with Crippen LogP contribution in [0.4, 0.5) is 0 Å². The summed E-state index contributed by atoms with van der Waals surface area (Å²) in [6.07, 6.45) is -12.6. The second-order valence-corrected chi connectivity index (χ2v) is 12.0. The SMILES string of the molecule is COc1cc(/C=C2/C(=O)OC[C@H]3O[C@H](O[C@]4(CO)O[C@H](CO)[C@@H](O)[C@@H]4OC(=O)/C2=C/c2cc(OC)c(O)c(OC)c2)[C@H](O)[C@@H](O)[C@H]3O)cc(OC)c1O.